The number of benzene rings is 2. The van der Waals surface area contributed by atoms with Gasteiger partial charge in [-0.05, 0) is 36.8 Å². The molecule has 0 aliphatic carbocycles. The van der Waals surface area contributed by atoms with E-state index in [0.717, 1.165) is 16.1 Å². The minimum atomic E-state index is 0.796. The molecule has 0 atom stereocenters. The molecule has 1 heterocycles. The second-order valence-electron chi connectivity index (χ2n) is 4.23. The van der Waals surface area contributed by atoms with Gasteiger partial charge in [-0.3, -0.25) is 0 Å². The summed E-state index contributed by atoms with van der Waals surface area (Å²) in [6.07, 6.45) is 1.96. The Kier molecular flexibility index (Phi) is 2.41. The number of hydrogen-bond acceptors (Lipinski definition) is 0. The molecule has 2 heteroatoms. The SMILES string of the molecule is Cc1ccc(Cl)c(-c2cccc3[nH]ccc23)c1. The molecule has 0 saturated carbocycles. The average Bonchev–Trinajstić information content (AvgIpc) is 2.80. The third kappa shape index (κ3) is 1.73. The van der Waals surface area contributed by atoms with E-state index in [1.807, 2.05) is 24.4 Å². The molecule has 2 aromatic carbocycles. The van der Waals surface area contributed by atoms with Gasteiger partial charge in [-0.15, -0.1) is 0 Å². The summed E-state index contributed by atoms with van der Waals surface area (Å²) in [6, 6.07) is 14.4. The van der Waals surface area contributed by atoms with Gasteiger partial charge in [0.05, 0.1) is 0 Å². The van der Waals surface area contributed by atoms with Crippen molar-refractivity contribution in [3.63, 3.8) is 0 Å². The number of aromatic amines is 1. The van der Waals surface area contributed by atoms with Crippen LogP contribution in [-0.2, 0) is 0 Å². The van der Waals surface area contributed by atoms with Gasteiger partial charge in [0.2, 0.25) is 0 Å². The van der Waals surface area contributed by atoms with Crippen LogP contribution in [0.3, 0.4) is 0 Å². The molecule has 0 radical (unpaired) electrons. The van der Waals surface area contributed by atoms with Gasteiger partial charge in [-0.2, -0.15) is 0 Å². The van der Waals surface area contributed by atoms with E-state index >= 15 is 0 Å². The van der Waals surface area contributed by atoms with Crippen LogP contribution in [-0.4, -0.2) is 4.98 Å². The molecule has 84 valence electrons. The summed E-state index contributed by atoms with van der Waals surface area (Å²) in [4.78, 5) is 3.22. The number of hydrogen-bond donors (Lipinski definition) is 1. The van der Waals surface area contributed by atoms with Crippen molar-refractivity contribution in [2.45, 2.75) is 6.92 Å². The van der Waals surface area contributed by atoms with Gasteiger partial charge in [-0.25, -0.2) is 0 Å². The summed E-state index contributed by atoms with van der Waals surface area (Å²) in [6.45, 7) is 2.08. The van der Waals surface area contributed by atoms with E-state index in [4.69, 9.17) is 11.6 Å². The highest BCUT2D eigenvalue weighted by molar-refractivity contribution is 6.33. The van der Waals surface area contributed by atoms with Gasteiger partial charge in [0, 0.05) is 27.7 Å². The van der Waals surface area contributed by atoms with Crippen LogP contribution in [0, 0.1) is 6.92 Å². The maximum atomic E-state index is 6.29. The van der Waals surface area contributed by atoms with Crippen LogP contribution in [0.1, 0.15) is 5.56 Å². The Hall–Kier alpha value is -1.73. The number of halogens is 1. The lowest BCUT2D eigenvalue weighted by atomic mass is 10.00. The van der Waals surface area contributed by atoms with E-state index in [1.165, 1.54) is 16.5 Å². The number of aromatic nitrogens is 1. The molecule has 3 rings (SSSR count). The van der Waals surface area contributed by atoms with Crippen LogP contribution < -0.4 is 0 Å². The van der Waals surface area contributed by atoms with Gasteiger partial charge in [0.25, 0.3) is 0 Å². The van der Waals surface area contributed by atoms with E-state index < -0.39 is 0 Å². The highest BCUT2D eigenvalue weighted by Gasteiger charge is 2.07. The fourth-order valence-corrected chi connectivity index (χ4v) is 2.39. The molecule has 0 unspecified atom stereocenters. The van der Waals surface area contributed by atoms with E-state index in [-0.39, 0.29) is 0 Å². The summed E-state index contributed by atoms with van der Waals surface area (Å²) >= 11 is 6.29. The predicted molar refractivity (Wildman–Crippen MR) is 73.5 cm³/mol. The third-order valence-electron chi connectivity index (χ3n) is 3.01. The zero-order valence-corrected chi connectivity index (χ0v) is 10.3. The largest absolute Gasteiger partial charge is 0.361 e. The zero-order valence-electron chi connectivity index (χ0n) is 9.50. The Labute approximate surface area is 105 Å². The Bertz CT molecular complexity index is 682. The van der Waals surface area contributed by atoms with E-state index in [1.54, 1.807) is 0 Å². The normalized spacial score (nSPS) is 10.9. The molecule has 17 heavy (non-hydrogen) atoms. The molecule has 0 bridgehead atoms. The molecule has 0 saturated heterocycles. The van der Waals surface area contributed by atoms with E-state index in [2.05, 4.69) is 36.2 Å². The fourth-order valence-electron chi connectivity index (χ4n) is 2.17. The Morgan fingerprint density at radius 3 is 2.76 bits per heavy atom. The highest BCUT2D eigenvalue weighted by atomic mass is 35.5. The molecule has 0 aliphatic heterocycles. The van der Waals surface area contributed by atoms with E-state index in [0.29, 0.717) is 0 Å². The lowest BCUT2D eigenvalue weighted by Crippen LogP contribution is -1.82. The molecule has 0 spiro atoms. The first-order valence-electron chi connectivity index (χ1n) is 5.58. The quantitative estimate of drug-likeness (QED) is 0.630. The maximum Gasteiger partial charge on any atom is 0.0484 e. The second-order valence-corrected chi connectivity index (χ2v) is 4.63. The zero-order chi connectivity index (χ0) is 11.8. The number of H-pyrrole nitrogens is 1. The molecule has 3 aromatic rings. The first kappa shape index (κ1) is 10.4. The van der Waals surface area contributed by atoms with Gasteiger partial charge < -0.3 is 4.98 Å². The van der Waals surface area contributed by atoms with Gasteiger partial charge >= 0.3 is 0 Å². The Morgan fingerprint density at radius 2 is 1.88 bits per heavy atom. The number of rotatable bonds is 1. The number of nitrogens with one attached hydrogen (secondary N) is 1. The molecule has 0 amide bonds. The molecule has 0 aliphatic rings. The third-order valence-corrected chi connectivity index (χ3v) is 3.34. The molecular weight excluding hydrogens is 230 g/mol. The number of fused-ring (bicyclic) bond motifs is 1. The van der Waals surface area contributed by atoms with Crippen molar-refractivity contribution < 1.29 is 0 Å². The van der Waals surface area contributed by atoms with Crippen LogP contribution in [0.2, 0.25) is 5.02 Å². The highest BCUT2D eigenvalue weighted by Crippen LogP contribution is 2.33. The van der Waals surface area contributed by atoms with Crippen LogP contribution in [0.15, 0.2) is 48.7 Å². The summed E-state index contributed by atoms with van der Waals surface area (Å²) in [5, 5.41) is 2.00. The second kappa shape index (κ2) is 3.94. The summed E-state index contributed by atoms with van der Waals surface area (Å²) in [7, 11) is 0. The Morgan fingerprint density at radius 1 is 1.00 bits per heavy atom. The van der Waals surface area contributed by atoms with Crippen LogP contribution in [0.4, 0.5) is 0 Å². The topological polar surface area (TPSA) is 15.8 Å². The first-order valence-corrected chi connectivity index (χ1v) is 5.96. The number of aryl methyl sites for hydroxylation is 1. The van der Waals surface area contributed by atoms with Gasteiger partial charge in [0.1, 0.15) is 0 Å². The van der Waals surface area contributed by atoms with Crippen LogP contribution in [0.5, 0.6) is 0 Å². The van der Waals surface area contributed by atoms with E-state index in [9.17, 15) is 0 Å². The van der Waals surface area contributed by atoms with Crippen molar-refractivity contribution in [3.05, 3.63) is 59.2 Å². The van der Waals surface area contributed by atoms with Gasteiger partial charge in [0.15, 0.2) is 0 Å². The van der Waals surface area contributed by atoms with Crippen molar-refractivity contribution in [2.24, 2.45) is 0 Å². The van der Waals surface area contributed by atoms with Crippen molar-refractivity contribution in [1.29, 1.82) is 0 Å². The van der Waals surface area contributed by atoms with Crippen molar-refractivity contribution in [1.82, 2.24) is 4.98 Å². The monoisotopic (exact) mass is 241 g/mol. The van der Waals surface area contributed by atoms with Crippen molar-refractivity contribution >= 4 is 22.5 Å². The summed E-state index contributed by atoms with van der Waals surface area (Å²) in [5.41, 5.74) is 4.63. The fraction of sp³-hybridized carbons (Fsp3) is 0.0667. The summed E-state index contributed by atoms with van der Waals surface area (Å²) in [5.74, 6) is 0. The van der Waals surface area contributed by atoms with Crippen LogP contribution >= 0.6 is 11.6 Å². The van der Waals surface area contributed by atoms with Crippen molar-refractivity contribution in [3.8, 4) is 11.1 Å². The lowest BCUT2D eigenvalue weighted by molar-refractivity contribution is 1.47. The minimum absolute atomic E-state index is 0.796. The summed E-state index contributed by atoms with van der Waals surface area (Å²) < 4.78 is 0. The van der Waals surface area contributed by atoms with Gasteiger partial charge in [-0.1, -0.05) is 35.4 Å². The Balaban J connectivity index is 2.34. The maximum absolute atomic E-state index is 6.29. The average molecular weight is 242 g/mol. The molecule has 1 nitrogen and oxygen atoms in total. The van der Waals surface area contributed by atoms with Crippen LogP contribution in [0.25, 0.3) is 22.0 Å². The molecular formula is C15H12ClN. The molecule has 0 fully saturated rings. The first-order chi connectivity index (χ1) is 8.25. The predicted octanol–water partition coefficient (Wildman–Crippen LogP) is 4.80. The van der Waals surface area contributed by atoms with Crippen molar-refractivity contribution in [2.75, 3.05) is 0 Å². The lowest BCUT2D eigenvalue weighted by Gasteiger charge is -2.07. The molecule has 1 aromatic heterocycles. The smallest absolute Gasteiger partial charge is 0.0484 e. The minimum Gasteiger partial charge on any atom is -0.361 e. The standard InChI is InChI=1S/C15H12ClN/c1-10-5-6-14(16)13(9-10)11-3-2-4-15-12(11)7-8-17-15/h2-9,17H,1H3. The molecule has 1 N–H and O–H groups in total.